The van der Waals surface area contributed by atoms with Gasteiger partial charge in [0.2, 0.25) is 0 Å². The van der Waals surface area contributed by atoms with Crippen molar-refractivity contribution < 1.29 is 9.53 Å². The summed E-state index contributed by atoms with van der Waals surface area (Å²) in [5.41, 5.74) is 2.77. The Hall–Kier alpha value is -2.40. The first-order valence-electron chi connectivity index (χ1n) is 8.49. The molecular weight excluding hydrogens is 332 g/mol. The summed E-state index contributed by atoms with van der Waals surface area (Å²) in [7, 11) is 0. The first-order valence-corrected chi connectivity index (χ1v) is 9.30. The number of carbonyl (C=O) groups excluding carboxylic acids is 1. The van der Waals surface area contributed by atoms with E-state index in [0.717, 1.165) is 22.4 Å². The molecule has 0 fully saturated rings. The van der Waals surface area contributed by atoms with Crippen molar-refractivity contribution in [3.63, 3.8) is 0 Å². The van der Waals surface area contributed by atoms with E-state index in [-0.39, 0.29) is 5.91 Å². The van der Waals surface area contributed by atoms with Gasteiger partial charge in [0.05, 0.1) is 16.8 Å². The smallest absolute Gasteiger partial charge is 0.257 e. The van der Waals surface area contributed by atoms with Gasteiger partial charge in [-0.3, -0.25) is 10.1 Å². The molecule has 1 heterocycles. The van der Waals surface area contributed by atoms with Gasteiger partial charge in [0.1, 0.15) is 5.75 Å². The van der Waals surface area contributed by atoms with Gasteiger partial charge in [-0.2, -0.15) is 0 Å². The first-order chi connectivity index (χ1) is 12.0. The monoisotopic (exact) mass is 354 g/mol. The number of fused-ring (bicyclic) bond motifs is 1. The van der Waals surface area contributed by atoms with E-state index in [0.29, 0.717) is 23.2 Å². The minimum absolute atomic E-state index is 0.162. The Labute approximate surface area is 151 Å². The average molecular weight is 354 g/mol. The zero-order valence-corrected chi connectivity index (χ0v) is 15.5. The lowest BCUT2D eigenvalue weighted by atomic mass is 10.2. The summed E-state index contributed by atoms with van der Waals surface area (Å²) in [6.07, 6.45) is 0.987. The lowest BCUT2D eigenvalue weighted by Gasteiger charge is -2.09. The minimum Gasteiger partial charge on any atom is -0.493 e. The molecule has 0 bridgehead atoms. The molecule has 2 aromatic carbocycles. The van der Waals surface area contributed by atoms with Crippen LogP contribution in [0.1, 0.15) is 36.7 Å². The lowest BCUT2D eigenvalue weighted by Crippen LogP contribution is -2.11. The van der Waals surface area contributed by atoms with E-state index in [4.69, 9.17) is 4.74 Å². The van der Waals surface area contributed by atoms with Crippen LogP contribution in [0.15, 0.2) is 42.5 Å². The molecule has 3 rings (SSSR count). The number of hydrogen-bond donors (Lipinski definition) is 1. The van der Waals surface area contributed by atoms with E-state index in [1.807, 2.05) is 18.2 Å². The summed E-state index contributed by atoms with van der Waals surface area (Å²) in [6.45, 7) is 6.99. The van der Waals surface area contributed by atoms with Crippen LogP contribution in [0.4, 0.5) is 5.13 Å². The molecule has 0 aliphatic carbocycles. The fraction of sp³-hybridized carbons (Fsp3) is 0.300. The highest BCUT2D eigenvalue weighted by Crippen LogP contribution is 2.27. The maximum atomic E-state index is 12.4. The van der Waals surface area contributed by atoms with Crippen LogP contribution in [-0.2, 0) is 6.42 Å². The second-order valence-corrected chi connectivity index (χ2v) is 7.39. The van der Waals surface area contributed by atoms with Gasteiger partial charge in [-0.15, -0.1) is 0 Å². The van der Waals surface area contributed by atoms with Crippen molar-refractivity contribution in [1.29, 1.82) is 0 Å². The van der Waals surface area contributed by atoms with Crippen molar-refractivity contribution in [2.24, 2.45) is 5.92 Å². The zero-order valence-electron chi connectivity index (χ0n) is 14.7. The molecular formula is C20H22N2O2S. The summed E-state index contributed by atoms with van der Waals surface area (Å²) in [5.74, 6) is 1.08. The third-order valence-corrected chi connectivity index (χ3v) is 4.71. The van der Waals surface area contributed by atoms with Gasteiger partial charge in [-0.25, -0.2) is 4.98 Å². The second-order valence-electron chi connectivity index (χ2n) is 6.36. The number of amides is 1. The fourth-order valence-electron chi connectivity index (χ4n) is 2.38. The number of carbonyl (C=O) groups is 1. The predicted molar refractivity (Wildman–Crippen MR) is 104 cm³/mol. The van der Waals surface area contributed by atoms with Crippen LogP contribution in [0.5, 0.6) is 5.75 Å². The SMILES string of the molecule is CCc1ccc2nc(NC(=O)c3ccc(OCC(C)C)cc3)sc2c1. The molecule has 5 heteroatoms. The molecule has 25 heavy (non-hydrogen) atoms. The highest BCUT2D eigenvalue weighted by atomic mass is 32.1. The highest BCUT2D eigenvalue weighted by Gasteiger charge is 2.10. The lowest BCUT2D eigenvalue weighted by molar-refractivity contribution is 0.102. The van der Waals surface area contributed by atoms with Crippen molar-refractivity contribution >= 4 is 32.6 Å². The van der Waals surface area contributed by atoms with Gasteiger partial charge >= 0.3 is 0 Å². The van der Waals surface area contributed by atoms with E-state index < -0.39 is 0 Å². The van der Waals surface area contributed by atoms with Crippen LogP contribution in [0.3, 0.4) is 0 Å². The third-order valence-electron chi connectivity index (χ3n) is 3.78. The number of hydrogen-bond acceptors (Lipinski definition) is 4. The Kier molecular flexibility index (Phi) is 5.34. The summed E-state index contributed by atoms with van der Waals surface area (Å²) in [4.78, 5) is 16.9. The molecule has 0 saturated heterocycles. The number of ether oxygens (including phenoxy) is 1. The minimum atomic E-state index is -0.162. The molecule has 0 saturated carbocycles. The summed E-state index contributed by atoms with van der Waals surface area (Å²) in [5, 5.41) is 3.50. The molecule has 3 aromatic rings. The standard InChI is InChI=1S/C20H22N2O2S/c1-4-14-5-10-17-18(11-14)25-20(21-17)22-19(23)15-6-8-16(9-7-15)24-12-13(2)3/h5-11,13H,4,12H2,1-3H3,(H,21,22,23). The van der Waals surface area contributed by atoms with E-state index in [1.165, 1.54) is 16.9 Å². The Morgan fingerprint density at radius 1 is 1.20 bits per heavy atom. The normalized spacial score (nSPS) is 11.0. The predicted octanol–water partition coefficient (Wildman–Crippen LogP) is 5.15. The van der Waals surface area contributed by atoms with Crippen LogP contribution in [0, 0.1) is 5.92 Å². The zero-order chi connectivity index (χ0) is 17.8. The molecule has 0 aliphatic heterocycles. The number of nitrogens with one attached hydrogen (secondary N) is 1. The maximum Gasteiger partial charge on any atom is 0.257 e. The van der Waals surface area contributed by atoms with Crippen molar-refractivity contribution in [2.45, 2.75) is 27.2 Å². The number of nitrogens with zero attached hydrogens (tertiary/aromatic N) is 1. The van der Waals surface area contributed by atoms with E-state index in [1.54, 1.807) is 12.1 Å². The molecule has 1 aromatic heterocycles. The number of aromatic nitrogens is 1. The molecule has 0 unspecified atom stereocenters. The molecule has 0 radical (unpaired) electrons. The topological polar surface area (TPSA) is 51.2 Å². The Morgan fingerprint density at radius 2 is 1.96 bits per heavy atom. The molecule has 1 amide bonds. The van der Waals surface area contributed by atoms with E-state index in [9.17, 15) is 4.79 Å². The van der Waals surface area contributed by atoms with Gasteiger partial charge in [0, 0.05) is 5.56 Å². The number of anilines is 1. The third kappa shape index (κ3) is 4.37. The van der Waals surface area contributed by atoms with Crippen LogP contribution < -0.4 is 10.1 Å². The number of rotatable bonds is 6. The summed E-state index contributed by atoms with van der Waals surface area (Å²) < 4.78 is 6.73. The molecule has 4 nitrogen and oxygen atoms in total. The molecule has 0 spiro atoms. The van der Waals surface area contributed by atoms with Crippen molar-refractivity contribution in [1.82, 2.24) is 4.98 Å². The Balaban J connectivity index is 1.69. The maximum absolute atomic E-state index is 12.4. The Morgan fingerprint density at radius 3 is 2.64 bits per heavy atom. The van der Waals surface area contributed by atoms with Gasteiger partial charge in [0.15, 0.2) is 5.13 Å². The van der Waals surface area contributed by atoms with Crippen LogP contribution >= 0.6 is 11.3 Å². The number of benzene rings is 2. The number of thiazole rings is 1. The summed E-state index contributed by atoms with van der Waals surface area (Å²) >= 11 is 1.50. The fourth-order valence-corrected chi connectivity index (χ4v) is 3.30. The quantitative estimate of drug-likeness (QED) is 0.666. The number of aryl methyl sites for hydroxylation is 1. The van der Waals surface area contributed by atoms with Crippen LogP contribution in [0.2, 0.25) is 0 Å². The molecule has 0 aliphatic rings. The van der Waals surface area contributed by atoms with Gasteiger partial charge in [-0.1, -0.05) is 38.2 Å². The average Bonchev–Trinajstić information content (AvgIpc) is 3.01. The van der Waals surface area contributed by atoms with Crippen LogP contribution in [0.25, 0.3) is 10.2 Å². The van der Waals surface area contributed by atoms with Crippen LogP contribution in [-0.4, -0.2) is 17.5 Å². The molecule has 0 atom stereocenters. The van der Waals surface area contributed by atoms with Gasteiger partial charge in [-0.05, 0) is 54.3 Å². The van der Waals surface area contributed by atoms with Crippen molar-refractivity contribution in [3.8, 4) is 5.75 Å². The first kappa shape index (κ1) is 17.4. The van der Waals surface area contributed by atoms with Crippen molar-refractivity contribution in [2.75, 3.05) is 11.9 Å². The van der Waals surface area contributed by atoms with Crippen molar-refractivity contribution in [3.05, 3.63) is 53.6 Å². The second kappa shape index (κ2) is 7.66. The molecule has 1 N–H and O–H groups in total. The van der Waals surface area contributed by atoms with Gasteiger partial charge in [0.25, 0.3) is 5.91 Å². The Bertz CT molecular complexity index is 869. The molecule has 130 valence electrons. The highest BCUT2D eigenvalue weighted by molar-refractivity contribution is 7.22. The largest absolute Gasteiger partial charge is 0.493 e. The van der Waals surface area contributed by atoms with Gasteiger partial charge < -0.3 is 4.74 Å². The summed E-state index contributed by atoms with van der Waals surface area (Å²) in [6, 6.07) is 13.4. The van der Waals surface area contributed by atoms with E-state index in [2.05, 4.69) is 43.2 Å². The van der Waals surface area contributed by atoms with E-state index >= 15 is 0 Å².